The maximum atomic E-state index is 5.59. The van der Waals surface area contributed by atoms with Gasteiger partial charge in [0.25, 0.3) is 0 Å². The molecule has 2 rings (SSSR count). The molecule has 0 unspecified atom stereocenters. The van der Waals surface area contributed by atoms with Crippen LogP contribution >= 0.6 is 15.9 Å². The zero-order chi connectivity index (χ0) is 11.5. The van der Waals surface area contributed by atoms with Gasteiger partial charge in [0, 0.05) is 16.5 Å². The summed E-state index contributed by atoms with van der Waals surface area (Å²) in [5.74, 6) is 1.75. The third-order valence-corrected chi connectivity index (χ3v) is 3.80. The molecule has 16 heavy (non-hydrogen) atoms. The highest BCUT2D eigenvalue weighted by Gasteiger charge is 2.22. The number of methoxy groups -OCH3 is 1. The van der Waals surface area contributed by atoms with Crippen molar-refractivity contribution in [3.63, 3.8) is 0 Å². The monoisotopic (exact) mass is 285 g/mol. The Morgan fingerprint density at radius 3 is 3.06 bits per heavy atom. The van der Waals surface area contributed by atoms with Gasteiger partial charge in [-0.3, -0.25) is 0 Å². The van der Waals surface area contributed by atoms with Crippen LogP contribution in [0.3, 0.4) is 0 Å². The van der Waals surface area contributed by atoms with E-state index in [0.29, 0.717) is 0 Å². The van der Waals surface area contributed by atoms with Gasteiger partial charge in [0.1, 0.15) is 0 Å². The fourth-order valence-corrected chi connectivity index (χ4v) is 2.65. The molecule has 0 radical (unpaired) electrons. The second kappa shape index (κ2) is 5.06. The molecule has 0 spiro atoms. The molecular formula is C12H16BrNO2. The molecule has 0 aliphatic carbocycles. The first-order valence-electron chi connectivity index (χ1n) is 5.43. The average Bonchev–Trinajstić information content (AvgIpc) is 2.78. The minimum atomic E-state index is 0.750. The van der Waals surface area contributed by atoms with E-state index in [0.717, 1.165) is 37.5 Å². The molecule has 1 N–H and O–H groups in total. The lowest BCUT2D eigenvalue weighted by Gasteiger charge is -2.12. The first kappa shape index (κ1) is 11.7. The molecule has 1 heterocycles. The second-order valence-corrected chi connectivity index (χ2v) is 4.60. The SMILES string of the molecule is CNCCc1cc(OC)c2c(c1Br)CCO2. The van der Waals surface area contributed by atoms with Gasteiger partial charge >= 0.3 is 0 Å². The van der Waals surface area contributed by atoms with Gasteiger partial charge in [-0.05, 0) is 31.6 Å². The number of nitrogens with one attached hydrogen (secondary N) is 1. The topological polar surface area (TPSA) is 30.5 Å². The maximum Gasteiger partial charge on any atom is 0.165 e. The third kappa shape index (κ3) is 2.04. The van der Waals surface area contributed by atoms with Crippen molar-refractivity contribution in [2.24, 2.45) is 0 Å². The zero-order valence-corrected chi connectivity index (χ0v) is 11.2. The number of hydrogen-bond donors (Lipinski definition) is 1. The van der Waals surface area contributed by atoms with Gasteiger partial charge in [-0.25, -0.2) is 0 Å². The Bertz CT molecular complexity index is 393. The summed E-state index contributed by atoms with van der Waals surface area (Å²) < 4.78 is 12.1. The summed E-state index contributed by atoms with van der Waals surface area (Å²) in [6.07, 6.45) is 1.94. The van der Waals surface area contributed by atoms with E-state index in [1.807, 2.05) is 7.05 Å². The lowest BCUT2D eigenvalue weighted by molar-refractivity contribution is 0.326. The molecule has 3 nitrogen and oxygen atoms in total. The van der Waals surface area contributed by atoms with Crippen molar-refractivity contribution >= 4 is 15.9 Å². The zero-order valence-electron chi connectivity index (χ0n) is 9.60. The van der Waals surface area contributed by atoms with Crippen LogP contribution in [0.15, 0.2) is 10.5 Å². The van der Waals surface area contributed by atoms with Crippen molar-refractivity contribution in [2.75, 3.05) is 27.3 Å². The highest BCUT2D eigenvalue weighted by atomic mass is 79.9. The fraction of sp³-hybridized carbons (Fsp3) is 0.500. The first-order valence-corrected chi connectivity index (χ1v) is 6.23. The molecule has 1 aliphatic heterocycles. The predicted molar refractivity (Wildman–Crippen MR) is 67.5 cm³/mol. The van der Waals surface area contributed by atoms with Crippen LogP contribution in [-0.2, 0) is 12.8 Å². The Morgan fingerprint density at radius 2 is 2.38 bits per heavy atom. The molecule has 0 aromatic heterocycles. The van der Waals surface area contributed by atoms with Crippen LogP contribution in [0.4, 0.5) is 0 Å². The molecule has 88 valence electrons. The minimum Gasteiger partial charge on any atom is -0.493 e. The number of ether oxygens (including phenoxy) is 2. The normalized spacial score (nSPS) is 13.4. The van der Waals surface area contributed by atoms with Crippen LogP contribution in [0, 0.1) is 0 Å². The van der Waals surface area contributed by atoms with E-state index in [2.05, 4.69) is 27.3 Å². The average molecular weight is 286 g/mol. The summed E-state index contributed by atoms with van der Waals surface area (Å²) in [4.78, 5) is 0. The molecule has 1 aliphatic rings. The van der Waals surface area contributed by atoms with Gasteiger partial charge in [-0.15, -0.1) is 0 Å². The van der Waals surface area contributed by atoms with Crippen LogP contribution in [0.5, 0.6) is 11.5 Å². The minimum absolute atomic E-state index is 0.750. The molecule has 0 bridgehead atoms. The molecule has 4 heteroatoms. The fourth-order valence-electron chi connectivity index (χ4n) is 1.96. The molecular weight excluding hydrogens is 270 g/mol. The summed E-state index contributed by atoms with van der Waals surface area (Å²) in [5, 5.41) is 3.16. The molecule has 0 saturated heterocycles. The van der Waals surface area contributed by atoms with Gasteiger partial charge < -0.3 is 14.8 Å². The molecule has 0 atom stereocenters. The van der Waals surface area contributed by atoms with Gasteiger partial charge in [0.2, 0.25) is 0 Å². The lowest BCUT2D eigenvalue weighted by Crippen LogP contribution is -2.11. The van der Waals surface area contributed by atoms with E-state index in [1.54, 1.807) is 7.11 Å². The van der Waals surface area contributed by atoms with Gasteiger partial charge in [-0.1, -0.05) is 15.9 Å². The number of fused-ring (bicyclic) bond motifs is 1. The molecule has 1 aromatic carbocycles. The maximum absolute atomic E-state index is 5.59. The number of rotatable bonds is 4. The Balaban J connectivity index is 2.39. The standard InChI is InChI=1S/C12H16BrNO2/c1-14-5-3-8-7-10(15-2)12-9(11(8)13)4-6-16-12/h7,14H,3-6H2,1-2H3. The van der Waals surface area contributed by atoms with Gasteiger partial charge in [0.05, 0.1) is 13.7 Å². The van der Waals surface area contributed by atoms with Crippen molar-refractivity contribution < 1.29 is 9.47 Å². The van der Waals surface area contributed by atoms with Crippen molar-refractivity contribution in [1.82, 2.24) is 5.32 Å². The Morgan fingerprint density at radius 1 is 1.56 bits per heavy atom. The van der Waals surface area contributed by atoms with E-state index in [1.165, 1.54) is 15.6 Å². The van der Waals surface area contributed by atoms with Crippen molar-refractivity contribution in [3.05, 3.63) is 21.7 Å². The van der Waals surface area contributed by atoms with E-state index in [4.69, 9.17) is 9.47 Å². The smallest absolute Gasteiger partial charge is 0.165 e. The van der Waals surface area contributed by atoms with E-state index < -0.39 is 0 Å². The second-order valence-electron chi connectivity index (χ2n) is 3.81. The summed E-state index contributed by atoms with van der Waals surface area (Å²) in [6.45, 7) is 1.71. The summed E-state index contributed by atoms with van der Waals surface area (Å²) in [7, 11) is 3.65. The summed E-state index contributed by atoms with van der Waals surface area (Å²) >= 11 is 3.66. The van der Waals surface area contributed by atoms with Crippen LogP contribution in [0.2, 0.25) is 0 Å². The molecule has 0 amide bonds. The van der Waals surface area contributed by atoms with Crippen molar-refractivity contribution in [3.8, 4) is 11.5 Å². The summed E-state index contributed by atoms with van der Waals surface area (Å²) in [5.41, 5.74) is 2.51. The van der Waals surface area contributed by atoms with Crippen LogP contribution < -0.4 is 14.8 Å². The highest BCUT2D eigenvalue weighted by Crippen LogP contribution is 2.42. The number of halogens is 1. The Kier molecular flexibility index (Phi) is 3.71. The van der Waals surface area contributed by atoms with Gasteiger partial charge in [-0.2, -0.15) is 0 Å². The third-order valence-electron chi connectivity index (χ3n) is 2.81. The predicted octanol–water partition coefficient (Wildman–Crippen LogP) is 2.15. The van der Waals surface area contributed by atoms with Crippen LogP contribution in [-0.4, -0.2) is 27.3 Å². The van der Waals surface area contributed by atoms with Crippen molar-refractivity contribution in [1.29, 1.82) is 0 Å². The van der Waals surface area contributed by atoms with E-state index in [9.17, 15) is 0 Å². The number of likely N-dealkylation sites (N-methyl/N-ethyl adjacent to an activating group) is 1. The van der Waals surface area contributed by atoms with Crippen LogP contribution in [0.1, 0.15) is 11.1 Å². The molecule has 1 aromatic rings. The number of hydrogen-bond acceptors (Lipinski definition) is 3. The Hall–Kier alpha value is -0.740. The summed E-state index contributed by atoms with van der Waals surface area (Å²) in [6, 6.07) is 2.06. The quantitative estimate of drug-likeness (QED) is 0.920. The van der Waals surface area contributed by atoms with E-state index >= 15 is 0 Å². The first-order chi connectivity index (χ1) is 7.77. The Labute approximate surface area is 104 Å². The molecule has 0 fully saturated rings. The lowest BCUT2D eigenvalue weighted by atomic mass is 10.1. The highest BCUT2D eigenvalue weighted by molar-refractivity contribution is 9.10. The van der Waals surface area contributed by atoms with Crippen LogP contribution in [0.25, 0.3) is 0 Å². The number of benzene rings is 1. The molecule has 0 saturated carbocycles. The van der Waals surface area contributed by atoms with Crippen molar-refractivity contribution in [2.45, 2.75) is 12.8 Å². The largest absolute Gasteiger partial charge is 0.493 e. The van der Waals surface area contributed by atoms with Gasteiger partial charge in [0.15, 0.2) is 11.5 Å². The van der Waals surface area contributed by atoms with E-state index in [-0.39, 0.29) is 0 Å².